The second-order valence-electron chi connectivity index (χ2n) is 19.5. The zero-order valence-electron chi connectivity index (χ0n) is 43.0. The Labute approximate surface area is 433 Å². The van der Waals surface area contributed by atoms with Gasteiger partial charge >= 0.3 is 12.1 Å². The van der Waals surface area contributed by atoms with Gasteiger partial charge in [0.15, 0.2) is 0 Å². The Morgan fingerprint density at radius 3 is 2.26 bits per heavy atom. The monoisotopic (exact) mass is 1030 g/mol. The number of primary amides is 1. The zero-order chi connectivity index (χ0) is 53.4. The minimum absolute atomic E-state index is 0.0595. The first-order valence-corrected chi connectivity index (χ1v) is 25.8. The van der Waals surface area contributed by atoms with E-state index in [9.17, 15) is 33.6 Å². The molecule has 2 aromatic carbocycles. The Morgan fingerprint density at radius 2 is 1.59 bits per heavy atom. The van der Waals surface area contributed by atoms with Crippen molar-refractivity contribution in [3.05, 3.63) is 77.9 Å². The summed E-state index contributed by atoms with van der Waals surface area (Å²) in [5, 5.41) is 20.3. The van der Waals surface area contributed by atoms with E-state index in [1.54, 1.807) is 38.1 Å². The van der Waals surface area contributed by atoms with Crippen LogP contribution in [-0.4, -0.2) is 147 Å². The standard InChI is InChI=1S/C52H77FN12O9/c1-34(2)46(63-43(66)14-8-5-9-24-65-44(67)19-20-45(65)68)50(70)62-42(13-10-23-57-51(55)71)49(69)61-40-17-15-37(16-18-40)32-74-52(72)59-27-35(3)60-33-64(31-39-29-56-30-41(39)53)47(38-21-25-73-26-22-38)48(54)58-28-36-11-6-4-7-12-36/h4,6-7,11-12,15-20,34-35,38-39,41-42,46-47,56,60H,5,8-10,13-14,21-33H2,1-3H3,(H2,54,58)(H,59,72)(H,61,69)(H,62,70)(H,63,66)(H3,55,57,71). The van der Waals surface area contributed by atoms with Crippen molar-refractivity contribution in [3.8, 4) is 0 Å². The number of hydrogen-bond donors (Lipinski definition) is 9. The number of rotatable bonds is 30. The normalized spacial score (nSPS) is 18.7. The van der Waals surface area contributed by atoms with Crippen molar-refractivity contribution in [1.82, 2.24) is 41.7 Å². The van der Waals surface area contributed by atoms with Gasteiger partial charge in [-0.25, -0.2) is 14.0 Å². The number of unbranched alkanes of at least 4 members (excludes halogenated alkanes) is 2. The second-order valence-corrected chi connectivity index (χ2v) is 19.5. The lowest BCUT2D eigenvalue weighted by atomic mass is 9.89. The summed E-state index contributed by atoms with van der Waals surface area (Å²) in [4.78, 5) is 96.1. The number of hydrogen-bond acceptors (Lipinski definition) is 13. The fourth-order valence-electron chi connectivity index (χ4n) is 8.98. The van der Waals surface area contributed by atoms with Crippen LogP contribution in [0.1, 0.15) is 83.3 Å². The van der Waals surface area contributed by atoms with Gasteiger partial charge in [-0.05, 0) is 80.5 Å². The molecule has 0 saturated carbocycles. The van der Waals surface area contributed by atoms with Crippen LogP contribution in [0.25, 0.3) is 0 Å². The van der Waals surface area contributed by atoms with Gasteiger partial charge in [0.25, 0.3) is 11.8 Å². The summed E-state index contributed by atoms with van der Waals surface area (Å²) >= 11 is 0. The lowest BCUT2D eigenvalue weighted by molar-refractivity contribution is -0.137. The molecule has 2 saturated heterocycles. The molecule has 5 rings (SSSR count). The molecule has 0 spiro atoms. The smallest absolute Gasteiger partial charge is 0.407 e. The van der Waals surface area contributed by atoms with Crippen LogP contribution in [0, 0.1) is 17.8 Å². The number of anilines is 1. The number of aliphatic imine (C=N–C) groups is 1. The molecule has 6 atom stereocenters. The van der Waals surface area contributed by atoms with Gasteiger partial charge in [-0.3, -0.25) is 38.8 Å². The van der Waals surface area contributed by atoms with Crippen LogP contribution in [0.3, 0.4) is 0 Å². The van der Waals surface area contributed by atoms with Crippen LogP contribution >= 0.6 is 0 Å². The van der Waals surface area contributed by atoms with E-state index in [2.05, 4.69) is 42.1 Å². The fourth-order valence-corrected chi connectivity index (χ4v) is 8.98. The SMILES string of the molecule is CC(CNC(=O)OCc1ccc(NC(=O)C(CCCNC(N)=O)NC(=O)C(NC(=O)CCCCCN2C(=O)C=CC2=O)C(C)C)cc1)NCN(CC1CNCC1F)C(C(N)=NCc1ccccc1)C1CCOCC1. The molecular weight excluding hydrogens is 956 g/mol. The number of nitrogens with one attached hydrogen (secondary N) is 7. The number of ether oxygens (including phenoxy) is 2. The summed E-state index contributed by atoms with van der Waals surface area (Å²) in [5.74, 6) is -2.07. The van der Waals surface area contributed by atoms with E-state index in [-0.39, 0.29) is 86.6 Å². The van der Waals surface area contributed by atoms with Crippen molar-refractivity contribution in [2.75, 3.05) is 64.5 Å². The van der Waals surface area contributed by atoms with Gasteiger partial charge in [0, 0.05) is 95.4 Å². The number of carbonyl (C=O) groups is 7. The molecular formula is C52H77FN12O9. The van der Waals surface area contributed by atoms with Crippen molar-refractivity contribution in [2.45, 2.75) is 116 Å². The van der Waals surface area contributed by atoms with Crippen molar-refractivity contribution < 1.29 is 47.4 Å². The molecule has 406 valence electrons. The predicted octanol–water partition coefficient (Wildman–Crippen LogP) is 2.56. The molecule has 0 bridgehead atoms. The quantitative estimate of drug-likeness (QED) is 0.0179. The largest absolute Gasteiger partial charge is 0.445 e. The minimum atomic E-state index is -1.05. The summed E-state index contributed by atoms with van der Waals surface area (Å²) in [6, 6.07) is 13.3. The third-order valence-electron chi connectivity index (χ3n) is 13.3. The zero-order valence-corrected chi connectivity index (χ0v) is 43.0. The number of urea groups is 1. The third kappa shape index (κ3) is 19.7. The fraction of sp³-hybridized carbons (Fsp3) is 0.577. The minimum Gasteiger partial charge on any atom is -0.445 e. The molecule has 2 fully saturated rings. The van der Waals surface area contributed by atoms with Crippen LogP contribution in [0.5, 0.6) is 0 Å². The Balaban J connectivity index is 1.09. The van der Waals surface area contributed by atoms with Crippen LogP contribution in [-0.2, 0) is 46.6 Å². The molecule has 0 aromatic heterocycles. The number of amides is 8. The highest BCUT2D eigenvalue weighted by Gasteiger charge is 2.37. The van der Waals surface area contributed by atoms with E-state index in [1.165, 1.54) is 12.2 Å². The molecule has 3 aliphatic rings. The van der Waals surface area contributed by atoms with Gasteiger partial charge < -0.3 is 58.2 Å². The van der Waals surface area contributed by atoms with E-state index in [0.717, 1.165) is 23.3 Å². The lowest BCUT2D eigenvalue weighted by Gasteiger charge is -2.40. The maximum atomic E-state index is 15.1. The van der Waals surface area contributed by atoms with Gasteiger partial charge in [0.05, 0.1) is 12.6 Å². The highest BCUT2D eigenvalue weighted by Crippen LogP contribution is 2.26. The van der Waals surface area contributed by atoms with E-state index < -0.39 is 42.2 Å². The molecule has 3 heterocycles. The number of benzene rings is 2. The number of halogens is 1. The van der Waals surface area contributed by atoms with E-state index in [4.69, 9.17) is 25.9 Å². The molecule has 3 aliphatic heterocycles. The summed E-state index contributed by atoms with van der Waals surface area (Å²) < 4.78 is 26.3. The van der Waals surface area contributed by atoms with Crippen LogP contribution in [0.4, 0.5) is 19.7 Å². The number of nitrogens with two attached hydrogens (primary N) is 2. The molecule has 0 radical (unpaired) electrons. The second kappa shape index (κ2) is 30.6. The molecule has 8 amide bonds. The molecule has 11 N–H and O–H groups in total. The van der Waals surface area contributed by atoms with Crippen molar-refractivity contribution in [1.29, 1.82) is 0 Å². The molecule has 22 heteroatoms. The number of amidine groups is 1. The van der Waals surface area contributed by atoms with Crippen LogP contribution in [0.2, 0.25) is 0 Å². The number of nitrogens with zero attached hydrogens (tertiary/aromatic N) is 3. The number of imide groups is 1. The van der Waals surface area contributed by atoms with E-state index in [1.807, 2.05) is 37.3 Å². The van der Waals surface area contributed by atoms with Crippen molar-refractivity contribution >= 4 is 53.2 Å². The lowest BCUT2D eigenvalue weighted by Crippen LogP contribution is -2.56. The Morgan fingerprint density at radius 1 is 0.878 bits per heavy atom. The topological polar surface area (TPSA) is 293 Å². The van der Waals surface area contributed by atoms with Gasteiger partial charge in [-0.2, -0.15) is 0 Å². The summed E-state index contributed by atoms with van der Waals surface area (Å²) in [7, 11) is 0. The van der Waals surface area contributed by atoms with Crippen molar-refractivity contribution in [2.24, 2.45) is 34.2 Å². The van der Waals surface area contributed by atoms with Gasteiger partial charge in [0.1, 0.15) is 30.7 Å². The summed E-state index contributed by atoms with van der Waals surface area (Å²) in [6.07, 6.45) is 4.56. The maximum absolute atomic E-state index is 15.1. The highest BCUT2D eigenvalue weighted by molar-refractivity contribution is 6.12. The Hall–Kier alpha value is -6.49. The molecule has 0 aliphatic carbocycles. The first-order chi connectivity index (χ1) is 35.6. The van der Waals surface area contributed by atoms with E-state index in [0.29, 0.717) is 88.8 Å². The predicted molar refractivity (Wildman–Crippen MR) is 278 cm³/mol. The van der Waals surface area contributed by atoms with E-state index >= 15 is 4.39 Å². The molecule has 74 heavy (non-hydrogen) atoms. The summed E-state index contributed by atoms with van der Waals surface area (Å²) in [6.45, 7) is 9.41. The average Bonchev–Trinajstić information content (AvgIpc) is 3.95. The van der Waals surface area contributed by atoms with Crippen LogP contribution in [0.15, 0.2) is 71.7 Å². The first kappa shape index (κ1) is 58.4. The summed E-state index contributed by atoms with van der Waals surface area (Å²) in [5.41, 5.74) is 14.1. The maximum Gasteiger partial charge on any atom is 0.407 e. The molecule has 6 unspecified atom stereocenters. The Kier molecular flexibility index (Phi) is 24.2. The number of alkyl carbamates (subject to hydrolysis) is 1. The first-order valence-electron chi connectivity index (χ1n) is 25.8. The van der Waals surface area contributed by atoms with Crippen LogP contribution < -0.4 is 48.7 Å². The Bertz CT molecular complexity index is 2200. The number of carbonyl (C=O) groups excluding carboxylic acids is 7. The van der Waals surface area contributed by atoms with Gasteiger partial charge in [-0.1, -0.05) is 62.7 Å². The number of alkyl halides is 1. The van der Waals surface area contributed by atoms with Gasteiger partial charge in [-0.15, -0.1) is 0 Å². The third-order valence-corrected chi connectivity index (χ3v) is 13.3. The van der Waals surface area contributed by atoms with Crippen molar-refractivity contribution in [3.63, 3.8) is 0 Å². The molecule has 2 aromatic rings. The molecule has 21 nitrogen and oxygen atoms in total. The average molecular weight is 1030 g/mol. The van der Waals surface area contributed by atoms with Gasteiger partial charge in [0.2, 0.25) is 17.7 Å². The highest BCUT2D eigenvalue weighted by atomic mass is 19.1.